The van der Waals surface area contributed by atoms with E-state index in [-0.39, 0.29) is 5.69 Å². The van der Waals surface area contributed by atoms with Gasteiger partial charge in [0.15, 0.2) is 11.5 Å². The van der Waals surface area contributed by atoms with E-state index in [9.17, 15) is 4.79 Å². The lowest BCUT2D eigenvalue weighted by Gasteiger charge is -1.97. The van der Waals surface area contributed by atoms with Crippen molar-refractivity contribution >= 4 is 23.4 Å². The van der Waals surface area contributed by atoms with Crippen molar-refractivity contribution in [3.05, 3.63) is 35.0 Å². The van der Waals surface area contributed by atoms with Crippen molar-refractivity contribution in [2.75, 3.05) is 6.61 Å². The highest BCUT2D eigenvalue weighted by Crippen LogP contribution is 2.27. The van der Waals surface area contributed by atoms with Crippen LogP contribution < -0.4 is 0 Å². The Balaban J connectivity index is 2.41. The van der Waals surface area contributed by atoms with E-state index < -0.39 is 5.97 Å². The number of nitrogens with zero attached hydrogens (tertiary/aromatic N) is 1. The van der Waals surface area contributed by atoms with E-state index in [1.165, 1.54) is 11.3 Å². The third-order valence-corrected chi connectivity index (χ3v) is 3.03. The summed E-state index contributed by atoms with van der Waals surface area (Å²) in [5.41, 5.74) is 0.221. The van der Waals surface area contributed by atoms with Crippen LogP contribution in [0.5, 0.6) is 0 Å². The molecule has 0 aliphatic rings. The normalized spacial score (nSPS) is 11.0. The number of oxazole rings is 1. The molecule has 0 aliphatic heterocycles. The lowest BCUT2D eigenvalue weighted by atomic mass is 10.3. The third kappa shape index (κ3) is 2.51. The Morgan fingerprint density at radius 3 is 3.06 bits per heavy atom. The summed E-state index contributed by atoms with van der Waals surface area (Å²) < 4.78 is 10.5. The molecule has 2 heterocycles. The van der Waals surface area contributed by atoms with Crippen molar-refractivity contribution < 1.29 is 13.9 Å². The highest BCUT2D eigenvalue weighted by Gasteiger charge is 2.20. The number of ether oxygens (including phenoxy) is 1. The summed E-state index contributed by atoms with van der Waals surface area (Å²) in [6.07, 6.45) is 3.50. The van der Waals surface area contributed by atoms with Crippen molar-refractivity contribution in [1.82, 2.24) is 4.98 Å². The number of hydrogen-bond donors (Lipinski definition) is 0. The lowest BCUT2D eigenvalue weighted by Crippen LogP contribution is -2.06. The minimum absolute atomic E-state index is 0.221. The van der Waals surface area contributed by atoms with E-state index in [1.54, 1.807) is 19.1 Å². The first-order valence-corrected chi connectivity index (χ1v) is 6.48. The highest BCUT2D eigenvalue weighted by molar-refractivity contribution is 7.13. The van der Waals surface area contributed by atoms with E-state index in [4.69, 9.17) is 9.15 Å². The lowest BCUT2D eigenvalue weighted by molar-refractivity contribution is 0.0519. The predicted octanol–water partition coefficient (Wildman–Crippen LogP) is 3.61. The molecule has 0 spiro atoms. The zero-order valence-corrected chi connectivity index (χ0v) is 11.0. The van der Waals surface area contributed by atoms with E-state index in [0.717, 1.165) is 4.88 Å². The summed E-state index contributed by atoms with van der Waals surface area (Å²) in [6, 6.07) is 3.80. The molecule has 0 saturated carbocycles. The van der Waals surface area contributed by atoms with Crippen LogP contribution in [-0.4, -0.2) is 17.6 Å². The zero-order valence-electron chi connectivity index (χ0n) is 10.2. The van der Waals surface area contributed by atoms with E-state index in [0.29, 0.717) is 18.3 Å². The van der Waals surface area contributed by atoms with Gasteiger partial charge in [-0.2, -0.15) is 0 Å². The maximum atomic E-state index is 11.7. The fourth-order valence-corrected chi connectivity index (χ4v) is 2.10. The Morgan fingerprint density at radius 1 is 1.61 bits per heavy atom. The topological polar surface area (TPSA) is 52.3 Å². The minimum atomic E-state index is -0.461. The van der Waals surface area contributed by atoms with E-state index in [2.05, 4.69) is 4.98 Å². The SMILES string of the molecule is C/C=C/c1oc(-c2cccs2)nc1C(=O)OCC. The average Bonchev–Trinajstić information content (AvgIpc) is 2.97. The second-order valence-corrected chi connectivity index (χ2v) is 4.38. The first kappa shape index (κ1) is 12.6. The maximum absolute atomic E-state index is 11.7. The van der Waals surface area contributed by atoms with Crippen molar-refractivity contribution in [3.8, 4) is 10.8 Å². The standard InChI is InChI=1S/C13H13NO3S/c1-3-6-9-11(13(15)16-4-2)14-12(17-9)10-7-5-8-18-10/h3,5-8H,4H2,1-2H3/b6-3+. The average molecular weight is 263 g/mol. The summed E-state index contributed by atoms with van der Waals surface area (Å²) in [5.74, 6) is 0.414. The summed E-state index contributed by atoms with van der Waals surface area (Å²) in [4.78, 5) is 16.8. The maximum Gasteiger partial charge on any atom is 0.360 e. The Labute approximate surface area is 109 Å². The Kier molecular flexibility index (Phi) is 3.94. The molecule has 0 bridgehead atoms. The highest BCUT2D eigenvalue weighted by atomic mass is 32.1. The Hall–Kier alpha value is -1.88. The van der Waals surface area contributed by atoms with Gasteiger partial charge in [0.25, 0.3) is 0 Å². The molecule has 0 aliphatic carbocycles. The molecule has 2 aromatic rings. The van der Waals surface area contributed by atoms with Crippen LogP contribution >= 0.6 is 11.3 Å². The number of aromatic nitrogens is 1. The van der Waals surface area contributed by atoms with Crippen molar-refractivity contribution in [3.63, 3.8) is 0 Å². The molecule has 94 valence electrons. The molecule has 0 radical (unpaired) electrons. The van der Waals surface area contributed by atoms with Gasteiger partial charge in [-0.25, -0.2) is 9.78 Å². The van der Waals surface area contributed by atoms with Crippen molar-refractivity contribution in [2.45, 2.75) is 13.8 Å². The van der Waals surface area contributed by atoms with Crippen LogP contribution in [0.1, 0.15) is 30.1 Å². The molecule has 0 N–H and O–H groups in total. The molecule has 0 aromatic carbocycles. The van der Waals surface area contributed by atoms with Crippen LogP contribution in [0.25, 0.3) is 16.8 Å². The number of hydrogen-bond acceptors (Lipinski definition) is 5. The first-order valence-electron chi connectivity index (χ1n) is 5.60. The van der Waals surface area contributed by atoms with Gasteiger partial charge in [-0.15, -0.1) is 11.3 Å². The van der Waals surface area contributed by atoms with Gasteiger partial charge in [0.2, 0.25) is 5.89 Å². The molecule has 0 unspecified atom stereocenters. The largest absolute Gasteiger partial charge is 0.461 e. The van der Waals surface area contributed by atoms with Crippen molar-refractivity contribution in [1.29, 1.82) is 0 Å². The molecule has 18 heavy (non-hydrogen) atoms. The third-order valence-electron chi connectivity index (χ3n) is 2.17. The van der Waals surface area contributed by atoms with Crippen molar-refractivity contribution in [2.24, 2.45) is 0 Å². The van der Waals surface area contributed by atoms with Gasteiger partial charge in [-0.3, -0.25) is 0 Å². The molecule has 2 rings (SSSR count). The summed E-state index contributed by atoms with van der Waals surface area (Å²) in [5, 5.41) is 1.93. The number of rotatable bonds is 4. The molecule has 0 amide bonds. The van der Waals surface area contributed by atoms with Crippen LogP contribution in [0.2, 0.25) is 0 Å². The van der Waals surface area contributed by atoms with Gasteiger partial charge >= 0.3 is 5.97 Å². The molecule has 0 saturated heterocycles. The first-order chi connectivity index (χ1) is 8.76. The van der Waals surface area contributed by atoms with Crippen LogP contribution in [0, 0.1) is 0 Å². The van der Waals surface area contributed by atoms with Gasteiger partial charge in [0.05, 0.1) is 11.5 Å². The quantitative estimate of drug-likeness (QED) is 0.791. The minimum Gasteiger partial charge on any atom is -0.461 e. The number of thiophene rings is 1. The number of carbonyl (C=O) groups is 1. The van der Waals surface area contributed by atoms with Gasteiger partial charge in [0, 0.05) is 0 Å². The Bertz CT molecular complexity index is 555. The van der Waals surface area contributed by atoms with Crippen LogP contribution in [0.15, 0.2) is 28.0 Å². The summed E-state index contributed by atoms with van der Waals surface area (Å²) in [7, 11) is 0. The van der Waals surface area contributed by atoms with Gasteiger partial charge in [-0.1, -0.05) is 12.1 Å². The molecular weight excluding hydrogens is 250 g/mol. The molecule has 0 atom stereocenters. The van der Waals surface area contributed by atoms with Crippen LogP contribution in [-0.2, 0) is 4.74 Å². The summed E-state index contributed by atoms with van der Waals surface area (Å²) >= 11 is 1.51. The molecule has 5 heteroatoms. The number of allylic oxidation sites excluding steroid dienone is 1. The Morgan fingerprint density at radius 2 is 2.44 bits per heavy atom. The predicted molar refractivity (Wildman–Crippen MR) is 70.5 cm³/mol. The van der Waals surface area contributed by atoms with Gasteiger partial charge in [0.1, 0.15) is 0 Å². The van der Waals surface area contributed by atoms with Crippen LogP contribution in [0.3, 0.4) is 0 Å². The van der Waals surface area contributed by atoms with E-state index >= 15 is 0 Å². The summed E-state index contributed by atoms with van der Waals surface area (Å²) in [6.45, 7) is 3.92. The number of carbonyl (C=O) groups excluding carboxylic acids is 1. The zero-order chi connectivity index (χ0) is 13.0. The fourth-order valence-electron chi connectivity index (χ4n) is 1.45. The fraction of sp³-hybridized carbons (Fsp3) is 0.231. The monoisotopic (exact) mass is 263 g/mol. The van der Waals surface area contributed by atoms with E-state index in [1.807, 2.05) is 24.4 Å². The second kappa shape index (κ2) is 5.64. The smallest absolute Gasteiger partial charge is 0.360 e. The van der Waals surface area contributed by atoms with Crippen LogP contribution in [0.4, 0.5) is 0 Å². The molecule has 0 fully saturated rings. The molecule has 2 aromatic heterocycles. The number of esters is 1. The molecular formula is C13H13NO3S. The van der Waals surface area contributed by atoms with Gasteiger partial charge in [-0.05, 0) is 31.4 Å². The second-order valence-electron chi connectivity index (χ2n) is 3.43. The van der Waals surface area contributed by atoms with Gasteiger partial charge < -0.3 is 9.15 Å². The molecule has 4 nitrogen and oxygen atoms in total.